The first-order valence-corrected chi connectivity index (χ1v) is 17.9. The van der Waals surface area contributed by atoms with Crippen molar-refractivity contribution in [2.24, 2.45) is 11.5 Å². The molecule has 282 valence electrons. The van der Waals surface area contributed by atoms with Crippen LogP contribution < -0.4 is 27.4 Å². The number of allylic oxidation sites excluding steroid dienone is 4. The van der Waals surface area contributed by atoms with Crippen LogP contribution in [0, 0.1) is 12.7 Å². The molecule has 1 atom stereocenters. The number of likely N-dealkylation sites (N-methyl/N-ethyl adjacent to an activating group) is 1. The molecule has 1 aliphatic rings. The smallest absolute Gasteiger partial charge is 0.128 e. The van der Waals surface area contributed by atoms with E-state index in [1.165, 1.54) is 22.8 Å². The standard InChI is InChI=1S/C39H51FN6.C4H8.C2H6/c1-12-30-14-16-33(24(3)18-30)35(13-2)45-39(9,10)25(4)19-36(46(11)26(5)21-41)29(8)43-22-31-15-17-34(40)32(20-31)23-44-38-28(7)27(6)37(38)42;1-4(2)3;1-2/h12,14-21,35,43-45H,1,4,6-8,13,22-23,41-42H2,2-3,5,9-11H3;1H2,2-3H3;1-2H3/b26-21-,36-19-;;/t35-;;/m0../s1. The Kier molecular flexibility index (Phi) is 18.0. The van der Waals surface area contributed by atoms with Crippen molar-refractivity contribution in [3.05, 3.63) is 173 Å². The maximum absolute atomic E-state index is 14.7. The summed E-state index contributed by atoms with van der Waals surface area (Å²) < 4.78 is 14.7. The van der Waals surface area contributed by atoms with Gasteiger partial charge in [-0.1, -0.05) is 89.6 Å². The van der Waals surface area contributed by atoms with Crippen LogP contribution in [0.5, 0.6) is 0 Å². The topological polar surface area (TPSA) is 91.4 Å². The Balaban J connectivity index is 0.00000210. The third-order valence-electron chi connectivity index (χ3n) is 8.73. The quantitative estimate of drug-likeness (QED) is 0.0881. The van der Waals surface area contributed by atoms with Gasteiger partial charge in [0.2, 0.25) is 0 Å². The van der Waals surface area contributed by atoms with Crippen LogP contribution in [-0.2, 0) is 13.1 Å². The Hall–Kier alpha value is -5.01. The van der Waals surface area contributed by atoms with E-state index in [1.54, 1.807) is 12.3 Å². The summed E-state index contributed by atoms with van der Waals surface area (Å²) in [5.41, 5.74) is 23.6. The van der Waals surface area contributed by atoms with E-state index >= 15 is 0 Å². The zero-order valence-electron chi connectivity index (χ0n) is 33.6. The van der Waals surface area contributed by atoms with Gasteiger partial charge < -0.3 is 32.3 Å². The monoisotopic (exact) mass is 709 g/mol. The highest BCUT2D eigenvalue weighted by Gasteiger charge is 2.27. The van der Waals surface area contributed by atoms with Crippen LogP contribution in [0.4, 0.5) is 4.39 Å². The highest BCUT2D eigenvalue weighted by atomic mass is 19.1. The molecule has 0 saturated carbocycles. The van der Waals surface area contributed by atoms with Gasteiger partial charge in [0.15, 0.2) is 0 Å². The lowest BCUT2D eigenvalue weighted by Crippen LogP contribution is -2.43. The van der Waals surface area contributed by atoms with E-state index in [0.29, 0.717) is 34.8 Å². The summed E-state index contributed by atoms with van der Waals surface area (Å²) in [6.45, 7) is 43.3. The lowest BCUT2D eigenvalue weighted by molar-refractivity contribution is 0.379. The first kappa shape index (κ1) is 45.0. The lowest BCUT2D eigenvalue weighted by Gasteiger charge is -2.35. The summed E-state index contributed by atoms with van der Waals surface area (Å²) in [6.07, 6.45) is 6.37. The first-order chi connectivity index (χ1) is 24.4. The highest BCUT2D eigenvalue weighted by molar-refractivity contribution is 5.65. The van der Waals surface area contributed by atoms with Crippen molar-refractivity contribution in [3.8, 4) is 0 Å². The Morgan fingerprint density at radius 3 is 2.13 bits per heavy atom. The van der Waals surface area contributed by atoms with Crippen LogP contribution in [0.1, 0.15) is 95.7 Å². The Morgan fingerprint density at radius 1 is 1.00 bits per heavy atom. The number of nitrogens with zero attached hydrogens (tertiary/aromatic N) is 1. The van der Waals surface area contributed by atoms with Gasteiger partial charge in [-0.2, -0.15) is 0 Å². The molecule has 0 radical (unpaired) electrons. The van der Waals surface area contributed by atoms with Crippen molar-refractivity contribution in [3.63, 3.8) is 0 Å². The minimum absolute atomic E-state index is 0.128. The maximum atomic E-state index is 14.7. The summed E-state index contributed by atoms with van der Waals surface area (Å²) in [4.78, 5) is 1.98. The molecule has 7 N–H and O–H groups in total. The van der Waals surface area contributed by atoms with Gasteiger partial charge in [-0.05, 0) is 94.0 Å². The Morgan fingerprint density at radius 2 is 1.62 bits per heavy atom. The molecule has 0 saturated heterocycles. The molecule has 0 aliphatic heterocycles. The predicted molar refractivity (Wildman–Crippen MR) is 225 cm³/mol. The molecule has 0 bridgehead atoms. The largest absolute Gasteiger partial charge is 0.403 e. The number of nitrogens with two attached hydrogens (primary N) is 2. The second-order valence-corrected chi connectivity index (χ2v) is 13.5. The van der Waals surface area contributed by atoms with E-state index in [1.807, 2.05) is 64.8 Å². The van der Waals surface area contributed by atoms with Crippen molar-refractivity contribution in [1.29, 1.82) is 0 Å². The maximum Gasteiger partial charge on any atom is 0.128 e. The van der Waals surface area contributed by atoms with Crippen molar-refractivity contribution >= 4 is 6.08 Å². The number of rotatable bonds is 16. The van der Waals surface area contributed by atoms with E-state index in [9.17, 15) is 4.39 Å². The fourth-order valence-electron chi connectivity index (χ4n) is 5.30. The lowest BCUT2D eigenvalue weighted by atomic mass is 9.89. The number of halogens is 1. The summed E-state index contributed by atoms with van der Waals surface area (Å²) in [6, 6.07) is 11.6. The van der Waals surface area contributed by atoms with Gasteiger partial charge in [0.05, 0.1) is 22.8 Å². The Labute approximate surface area is 315 Å². The minimum Gasteiger partial charge on any atom is -0.403 e. The van der Waals surface area contributed by atoms with Crippen LogP contribution in [0.2, 0.25) is 0 Å². The van der Waals surface area contributed by atoms with E-state index in [0.717, 1.165) is 40.1 Å². The number of benzene rings is 2. The minimum atomic E-state index is -0.452. The van der Waals surface area contributed by atoms with Gasteiger partial charge in [0, 0.05) is 60.3 Å². The van der Waals surface area contributed by atoms with Crippen LogP contribution >= 0.6 is 0 Å². The summed E-state index contributed by atoms with van der Waals surface area (Å²) in [5, 5.41) is 10.4. The molecule has 6 nitrogen and oxygen atoms in total. The van der Waals surface area contributed by atoms with E-state index in [2.05, 4.69) is 101 Å². The Bertz CT molecular complexity index is 1730. The third kappa shape index (κ3) is 12.3. The molecule has 52 heavy (non-hydrogen) atoms. The summed E-state index contributed by atoms with van der Waals surface area (Å²) in [5.74, 6) is -0.301. The SMILES string of the molecule is C=C(C)C.C=Cc1ccc([C@H](CC)NC(C)(C)C(=C)/C=C(/C(=C)NCc2ccc(F)c(CNC3=C(N)C(=C)C3=C)c2)N(C)/C(C)=C\N)c(C)c1.CC. The molecule has 1 aliphatic carbocycles. The third-order valence-corrected chi connectivity index (χ3v) is 8.73. The van der Waals surface area contributed by atoms with Crippen LogP contribution in [0.25, 0.3) is 6.08 Å². The molecule has 2 aromatic carbocycles. The molecule has 0 unspecified atom stereocenters. The zero-order valence-corrected chi connectivity index (χ0v) is 33.6. The number of hydrogen-bond donors (Lipinski definition) is 5. The molecule has 0 fully saturated rings. The van der Waals surface area contributed by atoms with E-state index < -0.39 is 5.54 Å². The van der Waals surface area contributed by atoms with Gasteiger partial charge in [-0.3, -0.25) is 0 Å². The number of aryl methyl sites for hydroxylation is 1. The highest BCUT2D eigenvalue weighted by Crippen LogP contribution is 2.32. The fraction of sp³-hybridized carbons (Fsp3) is 0.333. The molecular weight excluding hydrogens is 644 g/mol. The van der Waals surface area contributed by atoms with Crippen LogP contribution in [-0.4, -0.2) is 17.5 Å². The number of nitrogens with one attached hydrogen (secondary N) is 3. The van der Waals surface area contributed by atoms with Crippen molar-refractivity contribution in [2.45, 2.75) is 93.4 Å². The van der Waals surface area contributed by atoms with Crippen molar-refractivity contribution in [2.75, 3.05) is 7.05 Å². The first-order valence-electron chi connectivity index (χ1n) is 17.9. The molecule has 0 spiro atoms. The van der Waals surface area contributed by atoms with Gasteiger partial charge in [0.25, 0.3) is 0 Å². The van der Waals surface area contributed by atoms with E-state index in [4.69, 9.17) is 11.5 Å². The summed E-state index contributed by atoms with van der Waals surface area (Å²) in [7, 11) is 1.94. The van der Waals surface area contributed by atoms with Gasteiger partial charge in [-0.25, -0.2) is 4.39 Å². The average Bonchev–Trinajstić information content (AvgIpc) is 3.12. The van der Waals surface area contributed by atoms with Crippen molar-refractivity contribution in [1.82, 2.24) is 20.9 Å². The normalized spacial score (nSPS) is 13.4. The molecule has 7 heteroatoms. The molecular formula is C45H65FN6. The van der Waals surface area contributed by atoms with E-state index in [-0.39, 0.29) is 18.4 Å². The second-order valence-electron chi connectivity index (χ2n) is 13.5. The molecule has 2 aromatic rings. The fourth-order valence-corrected chi connectivity index (χ4v) is 5.30. The van der Waals surface area contributed by atoms with Gasteiger partial charge in [0.1, 0.15) is 5.82 Å². The van der Waals surface area contributed by atoms with Gasteiger partial charge in [-0.15, -0.1) is 6.58 Å². The zero-order chi connectivity index (χ0) is 39.9. The molecule has 0 aromatic heterocycles. The van der Waals surface area contributed by atoms with Gasteiger partial charge >= 0.3 is 0 Å². The van der Waals surface area contributed by atoms with Crippen LogP contribution in [0.15, 0.2) is 139 Å². The molecule has 3 rings (SSSR count). The van der Waals surface area contributed by atoms with Crippen molar-refractivity contribution < 1.29 is 4.39 Å². The summed E-state index contributed by atoms with van der Waals surface area (Å²) >= 11 is 0. The number of hydrogen-bond acceptors (Lipinski definition) is 6. The molecule has 0 heterocycles. The predicted octanol–water partition coefficient (Wildman–Crippen LogP) is 10.1. The van der Waals surface area contributed by atoms with Crippen LogP contribution in [0.3, 0.4) is 0 Å². The second kappa shape index (κ2) is 20.7. The molecule has 0 amide bonds. The average molecular weight is 709 g/mol.